The van der Waals surface area contributed by atoms with Crippen molar-refractivity contribution in [2.24, 2.45) is 0 Å². The summed E-state index contributed by atoms with van der Waals surface area (Å²) in [5.41, 5.74) is 2.97. The van der Waals surface area contributed by atoms with E-state index in [2.05, 4.69) is 16.7 Å². The lowest BCUT2D eigenvalue weighted by atomic mass is 10.1. The molecule has 2 aromatic carbocycles. The largest absolute Gasteiger partial charge is 0.383 e. The highest BCUT2D eigenvalue weighted by molar-refractivity contribution is 6.30. The molecular weight excluding hydrogens is 481 g/mol. The predicted octanol–water partition coefficient (Wildman–Crippen LogP) is 4.40. The van der Waals surface area contributed by atoms with E-state index in [1.54, 1.807) is 42.3 Å². The third-order valence-corrected chi connectivity index (χ3v) is 6.87. The summed E-state index contributed by atoms with van der Waals surface area (Å²) >= 11 is 6.04. The van der Waals surface area contributed by atoms with Crippen LogP contribution in [0.5, 0.6) is 0 Å². The number of halogens is 2. The van der Waals surface area contributed by atoms with Gasteiger partial charge in [0.1, 0.15) is 11.6 Å². The van der Waals surface area contributed by atoms with Gasteiger partial charge in [0.25, 0.3) is 5.91 Å². The zero-order valence-corrected chi connectivity index (χ0v) is 21.8. The Morgan fingerprint density at radius 2 is 1.86 bits per heavy atom. The number of anilines is 1. The highest BCUT2D eigenvalue weighted by Gasteiger charge is 2.28. The van der Waals surface area contributed by atoms with Crippen LogP contribution >= 0.6 is 11.6 Å². The maximum Gasteiger partial charge on any atom is 0.254 e. The minimum atomic E-state index is -0.316. The molecule has 0 bridgehead atoms. The summed E-state index contributed by atoms with van der Waals surface area (Å²) in [6.07, 6.45) is 0. The summed E-state index contributed by atoms with van der Waals surface area (Å²) in [6, 6.07) is 13.4. The minimum absolute atomic E-state index is 0.108. The number of likely N-dealkylation sites (N-methyl/N-ethyl adjacent to an activating group) is 1. The molecule has 2 heterocycles. The summed E-state index contributed by atoms with van der Waals surface area (Å²) < 4.78 is 21.3. The van der Waals surface area contributed by atoms with Crippen LogP contribution in [0.2, 0.25) is 5.02 Å². The van der Waals surface area contributed by atoms with Crippen LogP contribution in [0, 0.1) is 12.7 Å². The Kier molecular flexibility index (Phi) is 8.61. The average Bonchev–Trinajstić information content (AvgIpc) is 3.22. The number of benzene rings is 2. The highest BCUT2D eigenvalue weighted by Crippen LogP contribution is 2.30. The van der Waals surface area contributed by atoms with Crippen molar-refractivity contribution in [1.29, 1.82) is 0 Å². The zero-order valence-electron chi connectivity index (χ0n) is 21.1. The second-order valence-corrected chi connectivity index (χ2v) is 9.36. The van der Waals surface area contributed by atoms with Gasteiger partial charge in [0.15, 0.2) is 0 Å². The Morgan fingerprint density at radius 3 is 2.50 bits per heavy atom. The Bertz CT molecular complexity index is 1180. The van der Waals surface area contributed by atoms with Crippen LogP contribution in [0.4, 0.5) is 10.2 Å². The fraction of sp³-hybridized carbons (Fsp3) is 0.407. The van der Waals surface area contributed by atoms with Crippen LogP contribution in [-0.4, -0.2) is 78.5 Å². The Hall–Kier alpha value is -2.94. The van der Waals surface area contributed by atoms with Crippen LogP contribution in [0.25, 0.3) is 5.69 Å². The van der Waals surface area contributed by atoms with E-state index >= 15 is 0 Å². The van der Waals surface area contributed by atoms with Crippen LogP contribution in [0.15, 0.2) is 48.5 Å². The van der Waals surface area contributed by atoms with E-state index < -0.39 is 0 Å². The van der Waals surface area contributed by atoms with Crippen LogP contribution in [0.1, 0.15) is 28.5 Å². The van der Waals surface area contributed by atoms with Gasteiger partial charge in [-0.2, -0.15) is 5.10 Å². The zero-order chi connectivity index (χ0) is 25.7. The molecule has 0 aliphatic carbocycles. The van der Waals surface area contributed by atoms with Gasteiger partial charge in [0.05, 0.1) is 24.5 Å². The first kappa shape index (κ1) is 26.1. The maximum absolute atomic E-state index is 14.2. The fourth-order valence-electron chi connectivity index (χ4n) is 4.54. The molecule has 0 unspecified atom stereocenters. The molecule has 1 aliphatic rings. The number of carbonyl (C=O) groups is 1. The smallest absolute Gasteiger partial charge is 0.254 e. The second kappa shape index (κ2) is 11.9. The maximum atomic E-state index is 14.2. The lowest BCUT2D eigenvalue weighted by Gasteiger charge is -2.36. The van der Waals surface area contributed by atoms with Gasteiger partial charge in [-0.15, -0.1) is 0 Å². The Balaban J connectivity index is 1.73. The standard InChI is InChI=1S/C27H33ClFN5O2/c1-4-31-12-14-32(15-13-31)26-25(20(2)30-34(26)24-7-5-6-23(29)18-24)19-33(16-17-36-3)27(35)21-8-10-22(28)11-9-21/h5-11,18H,4,12-17,19H2,1-3H3. The van der Waals surface area contributed by atoms with E-state index in [-0.39, 0.29) is 11.7 Å². The Labute approximate surface area is 217 Å². The first-order chi connectivity index (χ1) is 17.4. The number of aryl methyl sites for hydroxylation is 1. The quantitative estimate of drug-likeness (QED) is 0.424. The molecule has 3 aromatic rings. The monoisotopic (exact) mass is 513 g/mol. The Morgan fingerprint density at radius 1 is 1.14 bits per heavy atom. The van der Waals surface area contributed by atoms with Gasteiger partial charge in [-0.3, -0.25) is 4.79 Å². The number of aromatic nitrogens is 2. The van der Waals surface area contributed by atoms with E-state index in [1.165, 1.54) is 12.1 Å². The third kappa shape index (κ3) is 5.88. The van der Waals surface area contributed by atoms with Gasteiger partial charge in [0, 0.05) is 56.0 Å². The van der Waals surface area contributed by atoms with Gasteiger partial charge in [-0.1, -0.05) is 24.6 Å². The van der Waals surface area contributed by atoms with E-state index in [0.717, 1.165) is 49.8 Å². The number of ether oxygens (including phenoxy) is 1. The summed E-state index contributed by atoms with van der Waals surface area (Å²) in [7, 11) is 1.62. The predicted molar refractivity (Wildman–Crippen MR) is 141 cm³/mol. The van der Waals surface area contributed by atoms with Crippen molar-refractivity contribution in [1.82, 2.24) is 19.6 Å². The number of carbonyl (C=O) groups excluding carboxylic acids is 1. The number of amides is 1. The van der Waals surface area contributed by atoms with Crippen LogP contribution in [-0.2, 0) is 11.3 Å². The van der Waals surface area contributed by atoms with E-state index in [1.807, 2.05) is 17.7 Å². The molecule has 0 atom stereocenters. The molecule has 7 nitrogen and oxygen atoms in total. The molecule has 1 saturated heterocycles. The van der Waals surface area contributed by atoms with Crippen molar-refractivity contribution in [3.63, 3.8) is 0 Å². The SMILES string of the molecule is CCN1CCN(c2c(CN(CCOC)C(=O)c3ccc(Cl)cc3)c(C)nn2-c2cccc(F)c2)CC1. The highest BCUT2D eigenvalue weighted by atomic mass is 35.5. The lowest BCUT2D eigenvalue weighted by Crippen LogP contribution is -2.47. The summed E-state index contributed by atoms with van der Waals surface area (Å²) in [5, 5.41) is 5.40. The fourth-order valence-corrected chi connectivity index (χ4v) is 4.67. The molecule has 1 fully saturated rings. The molecule has 4 rings (SSSR count). The minimum Gasteiger partial charge on any atom is -0.383 e. The summed E-state index contributed by atoms with van der Waals surface area (Å²) in [6.45, 7) is 9.80. The first-order valence-electron chi connectivity index (χ1n) is 12.3. The molecule has 0 N–H and O–H groups in total. The average molecular weight is 514 g/mol. The van der Waals surface area contributed by atoms with Crippen LogP contribution in [0.3, 0.4) is 0 Å². The molecule has 1 aliphatic heterocycles. The number of hydrogen-bond donors (Lipinski definition) is 0. The van der Waals surface area contributed by atoms with E-state index in [4.69, 9.17) is 21.4 Å². The molecule has 1 amide bonds. The molecular formula is C27H33ClFN5O2. The van der Waals surface area contributed by atoms with Gasteiger partial charge >= 0.3 is 0 Å². The van der Waals surface area contributed by atoms with Gasteiger partial charge in [0.2, 0.25) is 0 Å². The topological polar surface area (TPSA) is 53.8 Å². The van der Waals surface area contributed by atoms with Gasteiger partial charge < -0.3 is 19.4 Å². The molecule has 0 spiro atoms. The van der Waals surface area contributed by atoms with Crippen molar-refractivity contribution in [3.8, 4) is 5.69 Å². The summed E-state index contributed by atoms with van der Waals surface area (Å²) in [5.74, 6) is 0.479. The van der Waals surface area contributed by atoms with Crippen molar-refractivity contribution in [3.05, 3.63) is 76.2 Å². The molecule has 36 heavy (non-hydrogen) atoms. The third-order valence-electron chi connectivity index (χ3n) is 6.62. The molecule has 1 aromatic heterocycles. The van der Waals surface area contributed by atoms with Crippen LogP contribution < -0.4 is 4.90 Å². The van der Waals surface area contributed by atoms with Gasteiger partial charge in [-0.05, 0) is 55.9 Å². The van der Waals surface area contributed by atoms with Crippen molar-refractivity contribution in [2.75, 3.05) is 57.9 Å². The number of methoxy groups -OCH3 is 1. The molecule has 9 heteroatoms. The normalized spacial score (nSPS) is 14.3. The molecule has 192 valence electrons. The second-order valence-electron chi connectivity index (χ2n) is 8.93. The van der Waals surface area contributed by atoms with Crippen molar-refractivity contribution in [2.45, 2.75) is 20.4 Å². The van der Waals surface area contributed by atoms with Crippen molar-refractivity contribution >= 4 is 23.3 Å². The number of hydrogen-bond acceptors (Lipinski definition) is 5. The van der Waals surface area contributed by atoms with Gasteiger partial charge in [-0.25, -0.2) is 9.07 Å². The number of rotatable bonds is 9. The van der Waals surface area contributed by atoms with E-state index in [9.17, 15) is 9.18 Å². The molecule has 0 saturated carbocycles. The molecule has 0 radical (unpaired) electrons. The number of nitrogens with zero attached hydrogens (tertiary/aromatic N) is 5. The lowest BCUT2D eigenvalue weighted by molar-refractivity contribution is 0.0680. The first-order valence-corrected chi connectivity index (χ1v) is 12.6. The number of piperazine rings is 1. The van der Waals surface area contributed by atoms with Crippen molar-refractivity contribution < 1.29 is 13.9 Å². The summed E-state index contributed by atoms with van der Waals surface area (Å²) in [4.78, 5) is 20.0. The van der Waals surface area contributed by atoms with E-state index in [0.29, 0.717) is 36.0 Å².